The van der Waals surface area contributed by atoms with Crippen molar-refractivity contribution in [3.05, 3.63) is 47.5 Å². The standard InChI is InChI=1S/C51H76N6O12/c1-6-7-8-9-10-11-12-13-14-15-16-17-18-19-45(64)56(4)39(31-58)51(69)54-33(3)40(59)24-25-46(65)57(5)47-35-21-23-42(61)37(29-35)36-27-34(20-22-41(36)60)28-38(50(68)53-30-44(63)48(52)66)55-49(67)32(2)26-43(47)62/h20-23,27,29,32-33,38-39,44,47,58,60-61,63H,6-19,24-26,28,30-31H2,1-5H3,(H2,52,66)(H,53,68)(H,54,69)(H,55,67)/t32-,33-,38?,39?,44?,47+/m1/s1. The van der Waals surface area contributed by atoms with Gasteiger partial charge in [-0.15, -0.1) is 0 Å². The van der Waals surface area contributed by atoms with E-state index in [0.29, 0.717) is 12.0 Å². The summed E-state index contributed by atoms with van der Waals surface area (Å²) in [5.41, 5.74) is 5.94. The van der Waals surface area contributed by atoms with E-state index in [9.17, 15) is 58.8 Å². The maximum absolute atomic E-state index is 14.2. The molecule has 1 aliphatic heterocycles. The minimum atomic E-state index is -1.70. The molecule has 382 valence electrons. The molecular weight excluding hydrogens is 889 g/mol. The molecule has 3 unspecified atom stereocenters. The molecule has 1 heterocycles. The number of phenols is 2. The highest BCUT2D eigenvalue weighted by atomic mass is 16.3. The number of nitrogens with one attached hydrogen (secondary N) is 3. The molecular formula is C51H76N6O12. The molecule has 3 rings (SSSR count). The first kappa shape index (κ1) is 57.4. The van der Waals surface area contributed by atoms with Crippen LogP contribution in [0, 0.1) is 5.92 Å². The lowest BCUT2D eigenvalue weighted by Gasteiger charge is -2.30. The lowest BCUT2D eigenvalue weighted by atomic mass is 9.89. The predicted molar refractivity (Wildman–Crippen MR) is 259 cm³/mol. The molecule has 0 saturated carbocycles. The number of fused-ring (bicyclic) bond motifs is 5. The van der Waals surface area contributed by atoms with Crippen molar-refractivity contribution in [2.45, 2.75) is 167 Å². The third-order valence-corrected chi connectivity index (χ3v) is 12.9. The number of phenolic OH excluding ortho intramolecular Hbond substituents is 2. The number of primary amides is 1. The average molecular weight is 965 g/mol. The Bertz CT molecular complexity index is 2080. The van der Waals surface area contributed by atoms with Crippen LogP contribution in [-0.4, -0.2) is 129 Å². The Kier molecular flexibility index (Phi) is 24.3. The number of benzene rings is 2. The van der Waals surface area contributed by atoms with E-state index >= 15 is 0 Å². The molecule has 6 atom stereocenters. The summed E-state index contributed by atoms with van der Waals surface area (Å²) in [6.45, 7) is 3.88. The van der Waals surface area contributed by atoms with Crippen molar-refractivity contribution in [3.63, 3.8) is 0 Å². The number of amides is 6. The largest absolute Gasteiger partial charge is 0.507 e. The molecule has 18 heteroatoms. The van der Waals surface area contributed by atoms with Gasteiger partial charge in [-0.3, -0.25) is 38.4 Å². The number of rotatable bonds is 27. The first-order chi connectivity index (χ1) is 32.8. The molecule has 4 bridgehead atoms. The summed E-state index contributed by atoms with van der Waals surface area (Å²) in [6.07, 6.45) is 12.3. The molecule has 0 saturated heterocycles. The number of aromatic hydroxyl groups is 2. The van der Waals surface area contributed by atoms with E-state index in [1.807, 2.05) is 0 Å². The van der Waals surface area contributed by atoms with Crippen LogP contribution in [-0.2, 0) is 44.8 Å². The Hall–Kier alpha value is -5.88. The summed E-state index contributed by atoms with van der Waals surface area (Å²) >= 11 is 0. The van der Waals surface area contributed by atoms with Gasteiger partial charge in [0.05, 0.1) is 19.2 Å². The normalized spacial score (nSPS) is 17.3. The van der Waals surface area contributed by atoms with E-state index < -0.39 is 103 Å². The summed E-state index contributed by atoms with van der Waals surface area (Å²) in [5, 5.41) is 49.4. The summed E-state index contributed by atoms with van der Waals surface area (Å²) in [4.78, 5) is 108. The van der Waals surface area contributed by atoms with Crippen LogP contribution < -0.4 is 21.7 Å². The topological polar surface area (TPSA) is 286 Å². The Labute approximate surface area is 406 Å². The monoisotopic (exact) mass is 965 g/mol. The Morgan fingerprint density at radius 1 is 0.783 bits per heavy atom. The fourth-order valence-electron chi connectivity index (χ4n) is 8.36. The van der Waals surface area contributed by atoms with E-state index in [2.05, 4.69) is 22.9 Å². The Morgan fingerprint density at radius 3 is 1.93 bits per heavy atom. The zero-order valence-corrected chi connectivity index (χ0v) is 41.1. The van der Waals surface area contributed by atoms with Gasteiger partial charge in [-0.1, -0.05) is 103 Å². The van der Waals surface area contributed by atoms with Gasteiger partial charge < -0.3 is 51.9 Å². The van der Waals surface area contributed by atoms with Crippen molar-refractivity contribution in [3.8, 4) is 22.6 Å². The minimum absolute atomic E-state index is 0.0816. The highest BCUT2D eigenvalue weighted by Crippen LogP contribution is 2.39. The van der Waals surface area contributed by atoms with Gasteiger partial charge in [-0.05, 0) is 48.7 Å². The minimum Gasteiger partial charge on any atom is -0.507 e. The molecule has 69 heavy (non-hydrogen) atoms. The summed E-state index contributed by atoms with van der Waals surface area (Å²) in [6, 6.07) is 3.43. The maximum Gasteiger partial charge on any atom is 0.248 e. The summed E-state index contributed by atoms with van der Waals surface area (Å²) in [5.74, 6) is -7.02. The maximum atomic E-state index is 14.2. The molecule has 2 aromatic carbocycles. The number of nitrogens with two attached hydrogens (primary N) is 1. The van der Waals surface area contributed by atoms with Gasteiger partial charge in [0, 0.05) is 63.2 Å². The van der Waals surface area contributed by atoms with Gasteiger partial charge in [0.1, 0.15) is 35.7 Å². The number of hydrogen-bond donors (Lipinski definition) is 8. The molecule has 2 aromatic rings. The molecule has 9 N–H and O–H groups in total. The van der Waals surface area contributed by atoms with Gasteiger partial charge in [-0.25, -0.2) is 0 Å². The number of likely N-dealkylation sites (N-methyl/N-ethyl adjacent to an activating group) is 2. The molecule has 0 aromatic heterocycles. The average Bonchev–Trinajstić information content (AvgIpc) is 3.31. The number of hydrogen-bond acceptors (Lipinski definition) is 12. The zero-order chi connectivity index (χ0) is 51.2. The van der Waals surface area contributed by atoms with Crippen molar-refractivity contribution in [1.29, 1.82) is 0 Å². The number of carbonyl (C=O) groups excluding carboxylic acids is 8. The molecule has 6 amide bonds. The van der Waals surface area contributed by atoms with Crippen molar-refractivity contribution in [1.82, 2.24) is 25.8 Å². The number of aliphatic hydroxyl groups excluding tert-OH is 2. The van der Waals surface area contributed by atoms with Crippen LogP contribution in [0.5, 0.6) is 11.5 Å². The summed E-state index contributed by atoms with van der Waals surface area (Å²) in [7, 11) is 2.78. The molecule has 0 aliphatic carbocycles. The van der Waals surface area contributed by atoms with Crippen LogP contribution in [0.3, 0.4) is 0 Å². The van der Waals surface area contributed by atoms with E-state index in [1.54, 1.807) is 0 Å². The first-order valence-electron chi connectivity index (χ1n) is 24.5. The lowest BCUT2D eigenvalue weighted by Crippen LogP contribution is -2.53. The van der Waals surface area contributed by atoms with Crippen molar-refractivity contribution >= 4 is 47.0 Å². The van der Waals surface area contributed by atoms with Gasteiger partial charge >= 0.3 is 0 Å². The van der Waals surface area contributed by atoms with Crippen molar-refractivity contribution in [2.75, 3.05) is 27.2 Å². The van der Waals surface area contributed by atoms with Crippen LogP contribution >= 0.6 is 0 Å². The van der Waals surface area contributed by atoms with Gasteiger partial charge in [0.15, 0.2) is 11.6 Å². The second-order valence-corrected chi connectivity index (χ2v) is 18.4. The van der Waals surface area contributed by atoms with Crippen LogP contribution in [0.1, 0.15) is 147 Å². The van der Waals surface area contributed by atoms with E-state index in [0.717, 1.165) is 24.2 Å². The van der Waals surface area contributed by atoms with Crippen molar-refractivity contribution in [2.24, 2.45) is 11.7 Å². The zero-order valence-electron chi connectivity index (χ0n) is 41.1. The van der Waals surface area contributed by atoms with Gasteiger partial charge in [0.25, 0.3) is 0 Å². The first-order valence-corrected chi connectivity index (χ1v) is 24.5. The quantitative estimate of drug-likeness (QED) is 0.0590. The number of Topliss-reactive ketones (excluding diaryl/α,β-unsaturated/α-hetero) is 2. The third kappa shape index (κ3) is 18.2. The molecule has 1 aliphatic rings. The molecule has 0 radical (unpaired) electrons. The third-order valence-electron chi connectivity index (χ3n) is 12.9. The van der Waals surface area contributed by atoms with Crippen LogP contribution in [0.15, 0.2) is 36.4 Å². The second-order valence-electron chi connectivity index (χ2n) is 18.4. The molecule has 0 fully saturated rings. The van der Waals surface area contributed by atoms with Gasteiger partial charge in [0.2, 0.25) is 35.4 Å². The van der Waals surface area contributed by atoms with E-state index in [1.165, 1.54) is 127 Å². The highest BCUT2D eigenvalue weighted by Gasteiger charge is 2.34. The summed E-state index contributed by atoms with van der Waals surface area (Å²) < 4.78 is 0. The number of aliphatic hydroxyl groups is 2. The number of unbranched alkanes of at least 4 members (excludes halogenated alkanes) is 12. The van der Waals surface area contributed by atoms with E-state index in [-0.39, 0.29) is 53.4 Å². The Balaban J connectivity index is 1.65. The molecule has 18 nitrogen and oxygen atoms in total. The fourth-order valence-corrected chi connectivity index (χ4v) is 8.36. The number of ketones is 2. The van der Waals surface area contributed by atoms with Crippen LogP contribution in [0.25, 0.3) is 11.1 Å². The van der Waals surface area contributed by atoms with Crippen LogP contribution in [0.2, 0.25) is 0 Å². The molecule has 0 spiro atoms. The SMILES string of the molecule is CCCCCCCCCCCCCCCC(=O)N(C)C(CO)C(=O)N[C@H](C)C(=O)CCC(=O)N(C)[C@@H]1C(=O)C[C@@H](C)C(=O)NC(C(=O)NCC(O)C(N)=O)Cc2ccc(O)c(c2)-c2cc1ccc2O. The number of nitrogens with zero attached hydrogens (tertiary/aromatic N) is 2. The predicted octanol–water partition coefficient (Wildman–Crippen LogP) is 4.02. The fraction of sp³-hybridized carbons (Fsp3) is 0.608. The smallest absolute Gasteiger partial charge is 0.248 e. The lowest BCUT2D eigenvalue weighted by molar-refractivity contribution is -0.142. The van der Waals surface area contributed by atoms with Crippen molar-refractivity contribution < 1.29 is 58.8 Å². The second kappa shape index (κ2) is 29.2. The highest BCUT2D eigenvalue weighted by molar-refractivity contribution is 5.97. The van der Waals surface area contributed by atoms with Gasteiger partial charge in [-0.2, -0.15) is 0 Å². The Morgan fingerprint density at radius 2 is 1.35 bits per heavy atom. The van der Waals surface area contributed by atoms with E-state index in [4.69, 9.17) is 5.73 Å². The van der Waals surface area contributed by atoms with Crippen LogP contribution in [0.4, 0.5) is 0 Å². The number of carbonyl (C=O) groups is 8.